The fraction of sp³-hybridized carbons (Fsp3) is 0.188. The molecule has 0 saturated carbocycles. The van der Waals surface area contributed by atoms with Crippen LogP contribution in [0.4, 0.5) is 0 Å². The molecule has 0 aliphatic rings. The van der Waals surface area contributed by atoms with E-state index in [4.69, 9.17) is 17.2 Å². The number of aromatic nitrogens is 4. The molecule has 3 rings (SSSR count). The molecule has 106 valence electrons. The lowest BCUT2D eigenvalue weighted by Gasteiger charge is -2.09. The van der Waals surface area contributed by atoms with E-state index in [2.05, 4.69) is 47.2 Å². The van der Waals surface area contributed by atoms with E-state index in [1.807, 2.05) is 19.1 Å². The number of hydrogen-bond acceptors (Lipinski definition) is 3. The molecule has 0 bridgehead atoms. The van der Waals surface area contributed by atoms with Crippen molar-refractivity contribution in [3.05, 3.63) is 51.9 Å². The third kappa shape index (κ3) is 2.64. The summed E-state index contributed by atoms with van der Waals surface area (Å²) >= 11 is 4.99. The molecule has 0 radical (unpaired) electrons. The van der Waals surface area contributed by atoms with E-state index in [1.54, 1.807) is 0 Å². The van der Waals surface area contributed by atoms with Gasteiger partial charge in [-0.15, -0.1) is 0 Å². The van der Waals surface area contributed by atoms with Crippen molar-refractivity contribution in [3.8, 4) is 22.6 Å². The second kappa shape index (κ2) is 5.26. The zero-order chi connectivity index (χ0) is 15.0. The smallest absolute Gasteiger partial charge is 0.213 e. The van der Waals surface area contributed by atoms with Gasteiger partial charge in [0.05, 0.1) is 5.69 Å². The van der Waals surface area contributed by atoms with Gasteiger partial charge in [0.1, 0.15) is 0 Å². The van der Waals surface area contributed by atoms with Gasteiger partial charge in [0, 0.05) is 16.8 Å². The molecule has 5 heteroatoms. The SMILES string of the molecule is Cc1ccc(-c2ccc(-c3nc(=S)[nH][nH]3)c(C)n2)c(C)c1. The molecule has 0 unspecified atom stereocenters. The minimum absolute atomic E-state index is 0.447. The first-order valence-electron chi connectivity index (χ1n) is 6.75. The van der Waals surface area contributed by atoms with Crippen molar-refractivity contribution in [2.75, 3.05) is 0 Å². The number of H-pyrrole nitrogens is 2. The maximum Gasteiger partial charge on any atom is 0.213 e. The van der Waals surface area contributed by atoms with Crippen LogP contribution in [-0.2, 0) is 0 Å². The van der Waals surface area contributed by atoms with Crippen molar-refractivity contribution in [2.45, 2.75) is 20.8 Å². The lowest BCUT2D eigenvalue weighted by atomic mass is 10.0. The molecule has 3 aromatic rings. The van der Waals surface area contributed by atoms with Crippen molar-refractivity contribution in [1.82, 2.24) is 20.2 Å². The molecule has 2 N–H and O–H groups in total. The number of hydrogen-bond donors (Lipinski definition) is 2. The van der Waals surface area contributed by atoms with Gasteiger partial charge in [-0.1, -0.05) is 23.8 Å². The van der Waals surface area contributed by atoms with E-state index in [-0.39, 0.29) is 0 Å². The normalized spacial score (nSPS) is 10.8. The van der Waals surface area contributed by atoms with Gasteiger partial charge < -0.3 is 0 Å². The molecule has 0 aliphatic carbocycles. The summed E-state index contributed by atoms with van der Waals surface area (Å²) in [4.78, 5) is 8.95. The van der Waals surface area contributed by atoms with Crippen LogP contribution in [-0.4, -0.2) is 20.2 Å². The zero-order valence-corrected chi connectivity index (χ0v) is 13.0. The van der Waals surface area contributed by atoms with Crippen molar-refractivity contribution < 1.29 is 0 Å². The van der Waals surface area contributed by atoms with Gasteiger partial charge >= 0.3 is 0 Å². The standard InChI is InChI=1S/C16H16N4S/c1-9-4-5-12(10(2)8-9)14-7-6-13(11(3)17-14)15-18-16(21)20-19-15/h4-8H,1-3H3,(H2,18,19,20,21). The molecule has 21 heavy (non-hydrogen) atoms. The van der Waals surface area contributed by atoms with E-state index in [9.17, 15) is 0 Å². The number of aryl methyl sites for hydroxylation is 3. The number of rotatable bonds is 2. The molecule has 0 saturated heterocycles. The number of nitrogens with one attached hydrogen (secondary N) is 2. The van der Waals surface area contributed by atoms with Crippen LogP contribution in [0.2, 0.25) is 0 Å². The van der Waals surface area contributed by atoms with Gasteiger partial charge in [0.2, 0.25) is 4.77 Å². The Labute approximate surface area is 128 Å². The third-order valence-electron chi connectivity index (χ3n) is 3.50. The fourth-order valence-electron chi connectivity index (χ4n) is 2.46. The number of benzene rings is 1. The summed E-state index contributed by atoms with van der Waals surface area (Å²) in [5.41, 5.74) is 6.50. The Kier molecular flexibility index (Phi) is 3.43. The topological polar surface area (TPSA) is 57.4 Å². The van der Waals surface area contributed by atoms with Crippen molar-refractivity contribution in [3.63, 3.8) is 0 Å². The maximum atomic E-state index is 4.99. The van der Waals surface area contributed by atoms with Crippen LogP contribution < -0.4 is 0 Å². The highest BCUT2D eigenvalue weighted by Gasteiger charge is 2.09. The molecule has 2 heterocycles. The summed E-state index contributed by atoms with van der Waals surface area (Å²) in [6.45, 7) is 6.19. The molecular weight excluding hydrogens is 280 g/mol. The minimum atomic E-state index is 0.447. The zero-order valence-electron chi connectivity index (χ0n) is 12.2. The van der Waals surface area contributed by atoms with E-state index < -0.39 is 0 Å². The van der Waals surface area contributed by atoms with Gasteiger partial charge in [0.15, 0.2) is 5.82 Å². The van der Waals surface area contributed by atoms with Crippen molar-refractivity contribution in [2.24, 2.45) is 0 Å². The largest absolute Gasteiger partial charge is 0.282 e. The molecule has 0 aliphatic heterocycles. The monoisotopic (exact) mass is 296 g/mol. The van der Waals surface area contributed by atoms with Gasteiger partial charge in [-0.3, -0.25) is 15.2 Å². The first-order valence-corrected chi connectivity index (χ1v) is 7.16. The Hall–Kier alpha value is -2.27. The highest BCUT2D eigenvalue weighted by atomic mass is 32.1. The van der Waals surface area contributed by atoms with Gasteiger partial charge in [-0.05, 0) is 50.7 Å². The second-order valence-corrected chi connectivity index (χ2v) is 5.55. The van der Waals surface area contributed by atoms with Crippen LogP contribution in [0.3, 0.4) is 0 Å². The predicted octanol–water partition coefficient (Wildman–Crippen LogP) is 4.12. The summed E-state index contributed by atoms with van der Waals surface area (Å²) in [7, 11) is 0. The summed E-state index contributed by atoms with van der Waals surface area (Å²) in [5, 5.41) is 5.77. The average Bonchev–Trinajstić information content (AvgIpc) is 2.85. The number of pyridine rings is 1. The molecular formula is C16H16N4S. The lowest BCUT2D eigenvalue weighted by molar-refractivity contribution is 1.08. The van der Waals surface area contributed by atoms with Crippen molar-refractivity contribution in [1.29, 1.82) is 0 Å². The van der Waals surface area contributed by atoms with Crippen LogP contribution in [0.15, 0.2) is 30.3 Å². The quantitative estimate of drug-likeness (QED) is 0.699. The minimum Gasteiger partial charge on any atom is -0.282 e. The van der Waals surface area contributed by atoms with Gasteiger partial charge in [-0.2, -0.15) is 4.98 Å². The van der Waals surface area contributed by atoms with E-state index in [0.717, 1.165) is 28.3 Å². The Balaban J connectivity index is 2.07. The average molecular weight is 296 g/mol. The van der Waals surface area contributed by atoms with E-state index in [1.165, 1.54) is 11.1 Å². The Morgan fingerprint density at radius 1 is 0.905 bits per heavy atom. The molecule has 0 atom stereocenters. The van der Waals surface area contributed by atoms with Gasteiger partial charge in [-0.25, -0.2) is 0 Å². The molecule has 0 fully saturated rings. The fourth-order valence-corrected chi connectivity index (χ4v) is 2.60. The Morgan fingerprint density at radius 2 is 1.67 bits per heavy atom. The van der Waals surface area contributed by atoms with E-state index in [0.29, 0.717) is 4.77 Å². The second-order valence-electron chi connectivity index (χ2n) is 5.16. The van der Waals surface area contributed by atoms with Crippen LogP contribution in [0.5, 0.6) is 0 Å². The highest BCUT2D eigenvalue weighted by molar-refractivity contribution is 7.71. The predicted molar refractivity (Wildman–Crippen MR) is 86.7 cm³/mol. The van der Waals surface area contributed by atoms with Crippen LogP contribution in [0, 0.1) is 25.5 Å². The van der Waals surface area contributed by atoms with Crippen LogP contribution >= 0.6 is 12.2 Å². The first kappa shape index (κ1) is 13.7. The summed E-state index contributed by atoms with van der Waals surface area (Å²) < 4.78 is 0.447. The Morgan fingerprint density at radius 3 is 2.29 bits per heavy atom. The summed E-state index contributed by atoms with van der Waals surface area (Å²) in [6, 6.07) is 10.4. The molecule has 4 nitrogen and oxygen atoms in total. The lowest BCUT2D eigenvalue weighted by Crippen LogP contribution is -1.94. The Bertz CT molecular complexity index is 861. The number of aromatic amines is 2. The molecule has 0 amide bonds. The van der Waals surface area contributed by atoms with Gasteiger partial charge in [0.25, 0.3) is 0 Å². The summed E-state index contributed by atoms with van der Waals surface area (Å²) in [6.07, 6.45) is 0. The molecule has 0 spiro atoms. The maximum absolute atomic E-state index is 4.99. The highest BCUT2D eigenvalue weighted by Crippen LogP contribution is 2.26. The number of nitrogens with zero attached hydrogens (tertiary/aromatic N) is 2. The van der Waals surface area contributed by atoms with Crippen LogP contribution in [0.1, 0.15) is 16.8 Å². The van der Waals surface area contributed by atoms with Crippen LogP contribution in [0.25, 0.3) is 22.6 Å². The summed E-state index contributed by atoms with van der Waals surface area (Å²) in [5.74, 6) is 0.720. The van der Waals surface area contributed by atoms with E-state index >= 15 is 0 Å². The van der Waals surface area contributed by atoms with Crippen molar-refractivity contribution >= 4 is 12.2 Å². The first-order chi connectivity index (χ1) is 10.0. The third-order valence-corrected chi connectivity index (χ3v) is 3.69. The molecule has 1 aromatic carbocycles. The molecule has 2 aromatic heterocycles.